The summed E-state index contributed by atoms with van der Waals surface area (Å²) >= 11 is 0. The largest absolute Gasteiger partial charge is 0.480 e. The van der Waals surface area contributed by atoms with Crippen molar-refractivity contribution in [1.82, 2.24) is 16.0 Å². The fourth-order valence-corrected chi connectivity index (χ4v) is 2.60. The third kappa shape index (κ3) is 12.4. The van der Waals surface area contributed by atoms with Crippen LogP contribution >= 0.6 is 0 Å². The molecule has 0 rings (SSSR count). The summed E-state index contributed by atoms with van der Waals surface area (Å²) < 4.78 is 0. The van der Waals surface area contributed by atoms with Gasteiger partial charge in [-0.25, -0.2) is 0 Å². The number of carbonyl (C=O) groups is 4. The van der Waals surface area contributed by atoms with E-state index in [4.69, 9.17) is 22.3 Å². The minimum Gasteiger partial charge on any atom is -0.480 e. The van der Waals surface area contributed by atoms with Crippen molar-refractivity contribution in [2.24, 2.45) is 34.0 Å². The maximum atomic E-state index is 12.9. The molecular weight excluding hydrogens is 406 g/mol. The van der Waals surface area contributed by atoms with Crippen molar-refractivity contribution in [3.05, 3.63) is 0 Å². The van der Waals surface area contributed by atoms with Gasteiger partial charge >= 0.3 is 5.97 Å². The average Bonchev–Trinajstić information content (AvgIpc) is 2.66. The van der Waals surface area contributed by atoms with Gasteiger partial charge in [0, 0.05) is 6.54 Å². The predicted molar refractivity (Wildman–Crippen MR) is 117 cm³/mol. The number of nitrogens with two attached hydrogens (primary N) is 3. The Balaban J connectivity index is 5.32. The zero-order valence-corrected chi connectivity index (χ0v) is 18.7. The zero-order valence-electron chi connectivity index (χ0n) is 18.7. The normalized spacial score (nSPS) is 13.8. The van der Waals surface area contributed by atoms with Gasteiger partial charge in [-0.3, -0.25) is 24.2 Å². The van der Waals surface area contributed by atoms with Gasteiger partial charge in [0.25, 0.3) is 0 Å². The molecule has 0 heterocycles. The molecule has 0 aliphatic heterocycles. The van der Waals surface area contributed by atoms with Gasteiger partial charge in [-0.1, -0.05) is 27.7 Å². The smallest absolute Gasteiger partial charge is 0.322 e. The molecule has 0 bridgehead atoms. The maximum Gasteiger partial charge on any atom is 0.322 e. The molecule has 0 aliphatic rings. The van der Waals surface area contributed by atoms with Gasteiger partial charge in [0.05, 0.1) is 6.04 Å². The summed E-state index contributed by atoms with van der Waals surface area (Å²) in [6, 6.07) is -2.70. The van der Waals surface area contributed by atoms with Crippen LogP contribution in [0.1, 0.15) is 47.0 Å². The second-order valence-electron chi connectivity index (χ2n) is 8.08. The molecule has 3 unspecified atom stereocenters. The number of carbonyl (C=O) groups excluding carboxylic acids is 3. The Labute approximate surface area is 182 Å². The first-order valence-corrected chi connectivity index (χ1v) is 10.3. The van der Waals surface area contributed by atoms with Crippen LogP contribution in [0.25, 0.3) is 0 Å². The number of aliphatic carboxylic acids is 1. The van der Waals surface area contributed by atoms with E-state index >= 15 is 0 Å². The molecule has 0 saturated carbocycles. The summed E-state index contributed by atoms with van der Waals surface area (Å²) in [7, 11) is 0. The van der Waals surface area contributed by atoms with Gasteiger partial charge in [0.2, 0.25) is 17.7 Å². The van der Waals surface area contributed by atoms with Gasteiger partial charge in [-0.05, 0) is 31.1 Å². The number of nitrogens with one attached hydrogen (secondary N) is 3. The summed E-state index contributed by atoms with van der Waals surface area (Å²) in [5, 5.41) is 16.3. The second-order valence-corrected chi connectivity index (χ2v) is 8.08. The number of amides is 3. The van der Waals surface area contributed by atoms with Crippen molar-refractivity contribution in [3.63, 3.8) is 0 Å². The molecule has 10 N–H and O–H groups in total. The Morgan fingerprint density at radius 1 is 0.935 bits per heavy atom. The highest BCUT2D eigenvalue weighted by atomic mass is 16.4. The van der Waals surface area contributed by atoms with Gasteiger partial charge < -0.3 is 38.3 Å². The van der Waals surface area contributed by atoms with Gasteiger partial charge in [0.1, 0.15) is 18.6 Å². The van der Waals surface area contributed by atoms with Gasteiger partial charge in [-0.2, -0.15) is 0 Å². The van der Waals surface area contributed by atoms with Crippen LogP contribution in [-0.4, -0.2) is 66.0 Å². The van der Waals surface area contributed by atoms with Crippen molar-refractivity contribution < 1.29 is 24.3 Å². The number of hydrogen-bond acceptors (Lipinski definition) is 6. The molecule has 0 saturated heterocycles. The minimum absolute atomic E-state index is 0.0764. The monoisotopic (exact) mass is 443 g/mol. The van der Waals surface area contributed by atoms with Crippen molar-refractivity contribution in [2.45, 2.75) is 65.1 Å². The van der Waals surface area contributed by atoms with E-state index in [0.717, 1.165) is 0 Å². The van der Waals surface area contributed by atoms with Crippen LogP contribution in [0.5, 0.6) is 0 Å². The summed E-state index contributed by atoms with van der Waals surface area (Å²) in [6.07, 6.45) is 0.866. The third-order valence-corrected chi connectivity index (χ3v) is 4.35. The van der Waals surface area contributed by atoms with Crippen molar-refractivity contribution in [2.75, 3.05) is 13.1 Å². The van der Waals surface area contributed by atoms with Crippen LogP contribution in [0.2, 0.25) is 0 Å². The van der Waals surface area contributed by atoms with E-state index in [1.165, 1.54) is 0 Å². The first-order chi connectivity index (χ1) is 14.3. The summed E-state index contributed by atoms with van der Waals surface area (Å²) in [4.78, 5) is 52.2. The molecule has 0 spiro atoms. The minimum atomic E-state index is -1.22. The van der Waals surface area contributed by atoms with Crippen molar-refractivity contribution in [3.8, 4) is 0 Å². The molecule has 0 aromatic rings. The SMILES string of the molecule is CC(C)CC(NC(=O)C(N)C(C)C)C(=O)NC(CCCN=C(N)N)C(=O)NCC(=O)O. The van der Waals surface area contributed by atoms with E-state index in [1.54, 1.807) is 13.8 Å². The number of aliphatic imine (C=N–C) groups is 1. The Kier molecular flexibility index (Phi) is 12.9. The highest BCUT2D eigenvalue weighted by Gasteiger charge is 2.29. The highest BCUT2D eigenvalue weighted by molar-refractivity contribution is 5.93. The lowest BCUT2D eigenvalue weighted by Crippen LogP contribution is -2.56. The standard InChI is InChI=1S/C19H37N7O5/c1-10(2)8-13(26-18(31)15(20)11(3)4)17(30)25-12(6-5-7-23-19(21)22)16(29)24-9-14(27)28/h10-13,15H,5-9,20H2,1-4H3,(H,24,29)(H,25,30)(H,26,31)(H,27,28)(H4,21,22,23). The fourth-order valence-electron chi connectivity index (χ4n) is 2.60. The topological polar surface area (TPSA) is 215 Å². The van der Waals surface area contributed by atoms with E-state index in [-0.39, 0.29) is 30.8 Å². The third-order valence-electron chi connectivity index (χ3n) is 4.35. The molecule has 0 radical (unpaired) electrons. The van der Waals surface area contributed by atoms with Gasteiger partial charge in [-0.15, -0.1) is 0 Å². The molecule has 3 atom stereocenters. The lowest BCUT2D eigenvalue weighted by Gasteiger charge is -2.25. The molecule has 0 aliphatic carbocycles. The quantitative estimate of drug-likeness (QED) is 0.0924. The Hall–Kier alpha value is -2.89. The summed E-state index contributed by atoms with van der Waals surface area (Å²) in [5.74, 6) is -3.04. The van der Waals surface area contributed by atoms with Crippen LogP contribution in [0, 0.1) is 11.8 Å². The fraction of sp³-hybridized carbons (Fsp3) is 0.737. The number of hydrogen-bond donors (Lipinski definition) is 7. The number of nitrogens with zero attached hydrogens (tertiary/aromatic N) is 1. The molecular formula is C19H37N7O5. The van der Waals surface area contributed by atoms with E-state index < -0.39 is 48.4 Å². The maximum absolute atomic E-state index is 12.9. The molecule has 31 heavy (non-hydrogen) atoms. The molecule has 3 amide bonds. The number of carboxylic acids is 1. The Morgan fingerprint density at radius 3 is 2.00 bits per heavy atom. The van der Waals surface area contributed by atoms with E-state index in [0.29, 0.717) is 12.8 Å². The van der Waals surface area contributed by atoms with Crippen LogP contribution in [-0.2, 0) is 19.2 Å². The lowest BCUT2D eigenvalue weighted by atomic mass is 10.00. The van der Waals surface area contributed by atoms with Crippen molar-refractivity contribution in [1.29, 1.82) is 0 Å². The number of guanidine groups is 1. The number of carboxylic acid groups (broad SMARTS) is 1. The van der Waals surface area contributed by atoms with E-state index in [9.17, 15) is 19.2 Å². The first kappa shape index (κ1) is 28.1. The molecule has 0 fully saturated rings. The molecule has 0 aromatic heterocycles. The van der Waals surface area contributed by atoms with Crippen LogP contribution in [0.4, 0.5) is 0 Å². The summed E-state index contributed by atoms with van der Waals surface area (Å²) in [6.45, 7) is 7.01. The second kappa shape index (κ2) is 14.2. The van der Waals surface area contributed by atoms with E-state index in [2.05, 4.69) is 20.9 Å². The van der Waals surface area contributed by atoms with Gasteiger partial charge in [0.15, 0.2) is 5.96 Å². The molecule has 12 heteroatoms. The Morgan fingerprint density at radius 2 is 1.52 bits per heavy atom. The average molecular weight is 444 g/mol. The molecule has 178 valence electrons. The number of rotatable bonds is 14. The van der Waals surface area contributed by atoms with E-state index in [1.807, 2.05) is 13.8 Å². The van der Waals surface area contributed by atoms with Crippen LogP contribution in [0.15, 0.2) is 4.99 Å². The first-order valence-electron chi connectivity index (χ1n) is 10.3. The predicted octanol–water partition coefficient (Wildman–Crippen LogP) is -1.76. The Bertz CT molecular complexity index is 648. The van der Waals surface area contributed by atoms with Crippen LogP contribution < -0.4 is 33.2 Å². The lowest BCUT2D eigenvalue weighted by molar-refractivity contribution is -0.138. The zero-order chi connectivity index (χ0) is 24.1. The van der Waals surface area contributed by atoms with Crippen molar-refractivity contribution >= 4 is 29.7 Å². The molecule has 12 nitrogen and oxygen atoms in total. The highest BCUT2D eigenvalue weighted by Crippen LogP contribution is 2.08. The van der Waals surface area contributed by atoms with Crippen LogP contribution in [0.3, 0.4) is 0 Å². The molecule has 0 aromatic carbocycles. The summed E-state index contributed by atoms with van der Waals surface area (Å²) in [5.41, 5.74) is 16.4.